The average Bonchev–Trinajstić information content (AvgIpc) is 2.76. The molecule has 0 aromatic heterocycles. The van der Waals surface area contributed by atoms with Crippen LogP contribution in [0.15, 0.2) is 54.1 Å². The smallest absolute Gasteiger partial charge is 0.343 e. The fourth-order valence-electron chi connectivity index (χ4n) is 2.50. The Balaban J connectivity index is 2.16. The van der Waals surface area contributed by atoms with Crippen molar-refractivity contribution in [3.63, 3.8) is 0 Å². The second-order valence-electron chi connectivity index (χ2n) is 6.05. The molecule has 150 valence electrons. The Bertz CT molecular complexity index is 932. The summed E-state index contributed by atoms with van der Waals surface area (Å²) in [6.45, 7) is 1.59. The highest BCUT2D eigenvalue weighted by Crippen LogP contribution is 2.29. The lowest BCUT2D eigenvalue weighted by Gasteiger charge is -2.14. The van der Waals surface area contributed by atoms with Crippen LogP contribution in [0.3, 0.4) is 0 Å². The van der Waals surface area contributed by atoms with E-state index in [1.54, 1.807) is 18.2 Å². The fourth-order valence-corrected chi connectivity index (χ4v) is 2.50. The number of benzene rings is 2. The number of carbonyl (C=O) groups is 2. The van der Waals surface area contributed by atoms with Gasteiger partial charge in [0.1, 0.15) is 11.6 Å². The summed E-state index contributed by atoms with van der Waals surface area (Å²) in [4.78, 5) is 23.7. The van der Waals surface area contributed by atoms with Crippen molar-refractivity contribution >= 4 is 18.0 Å². The van der Waals surface area contributed by atoms with Gasteiger partial charge in [0.15, 0.2) is 18.1 Å². The van der Waals surface area contributed by atoms with Crippen molar-refractivity contribution < 1.29 is 23.8 Å². The molecule has 2 rings (SSSR count). The van der Waals surface area contributed by atoms with Gasteiger partial charge in [-0.25, -0.2) is 4.79 Å². The van der Waals surface area contributed by atoms with E-state index in [-0.39, 0.29) is 18.2 Å². The number of hydrogen-bond acceptors (Lipinski definition) is 6. The molecular formula is C22H22N2O5. The standard InChI is InChI=1S/C22H22N2O5/c1-15(17-7-5-4-6-8-17)24-22(26)18(13-23)11-16-9-10-19(20(12-16)27-2)29-14-21(25)28-3/h4-12,15H,14H2,1-3H3,(H,24,26)/b18-11-/t15-/m0/s1. The third-order valence-corrected chi connectivity index (χ3v) is 4.08. The van der Waals surface area contributed by atoms with E-state index in [0.717, 1.165) is 5.56 Å². The SMILES string of the molecule is COC(=O)COc1ccc(/C=C(/C#N)C(=O)N[C@@H](C)c2ccccc2)cc1OC. The first kappa shape index (κ1) is 21.5. The normalized spacial score (nSPS) is 11.7. The van der Waals surface area contributed by atoms with Crippen molar-refractivity contribution in [3.8, 4) is 17.6 Å². The Hall–Kier alpha value is -3.79. The molecule has 0 unspecified atom stereocenters. The molecule has 0 fully saturated rings. The van der Waals surface area contributed by atoms with Gasteiger partial charge in [-0.15, -0.1) is 0 Å². The van der Waals surface area contributed by atoms with Gasteiger partial charge in [-0.2, -0.15) is 5.26 Å². The molecule has 0 bridgehead atoms. The molecule has 0 aliphatic carbocycles. The lowest BCUT2D eigenvalue weighted by atomic mass is 10.1. The molecule has 1 amide bonds. The highest BCUT2D eigenvalue weighted by Gasteiger charge is 2.14. The number of amides is 1. The maximum atomic E-state index is 12.5. The lowest BCUT2D eigenvalue weighted by Crippen LogP contribution is -2.27. The van der Waals surface area contributed by atoms with E-state index >= 15 is 0 Å². The Morgan fingerprint density at radius 3 is 2.48 bits per heavy atom. The van der Waals surface area contributed by atoms with Crippen LogP contribution in [-0.2, 0) is 14.3 Å². The van der Waals surface area contributed by atoms with Crippen LogP contribution in [0.2, 0.25) is 0 Å². The summed E-state index contributed by atoms with van der Waals surface area (Å²) in [7, 11) is 2.72. The van der Waals surface area contributed by atoms with Gasteiger partial charge >= 0.3 is 5.97 Å². The van der Waals surface area contributed by atoms with Gasteiger partial charge in [0.25, 0.3) is 5.91 Å². The molecule has 7 heteroatoms. The van der Waals surface area contributed by atoms with E-state index in [4.69, 9.17) is 9.47 Å². The topological polar surface area (TPSA) is 97.7 Å². The number of nitrogens with zero attached hydrogens (tertiary/aromatic N) is 1. The highest BCUT2D eigenvalue weighted by atomic mass is 16.6. The van der Waals surface area contributed by atoms with Gasteiger partial charge in [0, 0.05) is 0 Å². The van der Waals surface area contributed by atoms with Crippen molar-refractivity contribution in [2.75, 3.05) is 20.8 Å². The minimum atomic E-state index is -0.521. The quantitative estimate of drug-likeness (QED) is 0.420. The second kappa shape index (κ2) is 10.5. The van der Waals surface area contributed by atoms with Crippen LogP contribution < -0.4 is 14.8 Å². The Kier molecular flexibility index (Phi) is 7.80. The fraction of sp³-hybridized carbons (Fsp3) is 0.227. The number of esters is 1. The van der Waals surface area contributed by atoms with Crippen LogP contribution in [0.4, 0.5) is 0 Å². The first-order valence-electron chi connectivity index (χ1n) is 8.83. The van der Waals surface area contributed by atoms with E-state index in [9.17, 15) is 14.9 Å². The summed E-state index contributed by atoms with van der Waals surface area (Å²) in [6, 6.07) is 16.0. The zero-order valence-electron chi connectivity index (χ0n) is 16.5. The Morgan fingerprint density at radius 1 is 1.14 bits per heavy atom. The van der Waals surface area contributed by atoms with Crippen molar-refractivity contribution in [1.29, 1.82) is 5.26 Å². The monoisotopic (exact) mass is 394 g/mol. The largest absolute Gasteiger partial charge is 0.493 e. The number of carbonyl (C=O) groups excluding carboxylic acids is 2. The third kappa shape index (κ3) is 6.11. The zero-order chi connectivity index (χ0) is 21.2. The summed E-state index contributed by atoms with van der Waals surface area (Å²) in [6.07, 6.45) is 1.46. The molecule has 7 nitrogen and oxygen atoms in total. The third-order valence-electron chi connectivity index (χ3n) is 4.08. The van der Waals surface area contributed by atoms with Crippen molar-refractivity contribution in [3.05, 3.63) is 65.2 Å². The summed E-state index contributed by atoms with van der Waals surface area (Å²) in [5.74, 6) is -0.297. The predicted molar refractivity (Wildman–Crippen MR) is 107 cm³/mol. The van der Waals surface area contributed by atoms with E-state index in [0.29, 0.717) is 17.1 Å². The maximum Gasteiger partial charge on any atom is 0.343 e. The van der Waals surface area contributed by atoms with Crippen LogP contribution in [0, 0.1) is 11.3 Å². The first-order valence-corrected chi connectivity index (χ1v) is 8.83. The molecule has 1 N–H and O–H groups in total. The second-order valence-corrected chi connectivity index (χ2v) is 6.05. The molecule has 0 aliphatic rings. The molecule has 0 saturated carbocycles. The molecular weight excluding hydrogens is 372 g/mol. The maximum absolute atomic E-state index is 12.5. The molecule has 29 heavy (non-hydrogen) atoms. The van der Waals surface area contributed by atoms with Gasteiger partial charge in [-0.05, 0) is 36.3 Å². The predicted octanol–water partition coefficient (Wildman–Crippen LogP) is 3.03. The van der Waals surface area contributed by atoms with Crippen molar-refractivity contribution in [2.45, 2.75) is 13.0 Å². The number of methoxy groups -OCH3 is 2. The van der Waals surface area contributed by atoms with Crippen LogP contribution >= 0.6 is 0 Å². The zero-order valence-corrected chi connectivity index (χ0v) is 16.5. The minimum Gasteiger partial charge on any atom is -0.493 e. The van der Waals surface area contributed by atoms with Gasteiger partial charge in [0.2, 0.25) is 0 Å². The van der Waals surface area contributed by atoms with E-state index in [1.165, 1.54) is 20.3 Å². The molecule has 2 aromatic rings. The average molecular weight is 394 g/mol. The van der Waals surface area contributed by atoms with Crippen LogP contribution in [0.1, 0.15) is 24.1 Å². The number of nitrogens with one attached hydrogen (secondary N) is 1. The van der Waals surface area contributed by atoms with Crippen molar-refractivity contribution in [2.24, 2.45) is 0 Å². The van der Waals surface area contributed by atoms with Crippen LogP contribution in [-0.4, -0.2) is 32.7 Å². The summed E-state index contributed by atoms with van der Waals surface area (Å²) in [5.41, 5.74) is 1.47. The van der Waals surface area contributed by atoms with Crippen LogP contribution in [0.25, 0.3) is 6.08 Å². The molecule has 1 atom stereocenters. The lowest BCUT2D eigenvalue weighted by molar-refractivity contribution is -0.142. The van der Waals surface area contributed by atoms with Gasteiger partial charge in [-0.3, -0.25) is 4.79 Å². The summed E-state index contributed by atoms with van der Waals surface area (Å²) >= 11 is 0. The number of ether oxygens (including phenoxy) is 3. The van der Waals surface area contributed by atoms with Gasteiger partial charge in [-0.1, -0.05) is 36.4 Å². The molecule has 0 heterocycles. The molecule has 0 radical (unpaired) electrons. The van der Waals surface area contributed by atoms with E-state index in [2.05, 4.69) is 10.1 Å². The summed E-state index contributed by atoms with van der Waals surface area (Å²) in [5, 5.41) is 12.2. The van der Waals surface area contributed by atoms with Crippen molar-refractivity contribution in [1.82, 2.24) is 5.32 Å². The highest BCUT2D eigenvalue weighted by molar-refractivity contribution is 6.01. The first-order chi connectivity index (χ1) is 14.0. The molecule has 0 aliphatic heterocycles. The Morgan fingerprint density at radius 2 is 1.86 bits per heavy atom. The van der Waals surface area contributed by atoms with Crippen LogP contribution in [0.5, 0.6) is 11.5 Å². The van der Waals surface area contributed by atoms with Gasteiger partial charge in [0.05, 0.1) is 20.3 Å². The molecule has 0 saturated heterocycles. The molecule has 2 aromatic carbocycles. The number of rotatable bonds is 8. The van der Waals surface area contributed by atoms with Gasteiger partial charge < -0.3 is 19.5 Å². The van der Waals surface area contributed by atoms with E-state index in [1.807, 2.05) is 43.3 Å². The minimum absolute atomic E-state index is 0.0435. The molecule has 0 spiro atoms. The van der Waals surface area contributed by atoms with E-state index < -0.39 is 11.9 Å². The number of nitriles is 1. The summed E-state index contributed by atoms with van der Waals surface area (Å²) < 4.78 is 15.1. The Labute approximate surface area is 169 Å². The number of hydrogen-bond donors (Lipinski definition) is 1.